The Hall–Kier alpha value is -1.82. The standard InChI is InChI=1S/C16H11BrF4O/c1-2-11-12(18)14(20)16(15(21)13(11)19)22-8-10-5-3-9(7-17)4-6-10/h2-6H,1,7-8H2. The first-order chi connectivity index (χ1) is 10.5. The quantitative estimate of drug-likeness (QED) is 0.388. The summed E-state index contributed by atoms with van der Waals surface area (Å²) in [6.45, 7) is 2.90. The van der Waals surface area contributed by atoms with Crippen LogP contribution in [0.1, 0.15) is 16.7 Å². The summed E-state index contributed by atoms with van der Waals surface area (Å²) < 4.78 is 59.6. The molecule has 22 heavy (non-hydrogen) atoms. The SMILES string of the molecule is C=Cc1c(F)c(F)c(OCc2ccc(CBr)cc2)c(F)c1F. The van der Waals surface area contributed by atoms with Crippen LogP contribution in [0.5, 0.6) is 5.75 Å². The first-order valence-electron chi connectivity index (χ1n) is 6.24. The normalized spacial score (nSPS) is 10.6. The number of halogens is 5. The third-order valence-electron chi connectivity index (χ3n) is 3.02. The van der Waals surface area contributed by atoms with Crippen molar-refractivity contribution >= 4 is 22.0 Å². The topological polar surface area (TPSA) is 9.23 Å². The van der Waals surface area contributed by atoms with Gasteiger partial charge < -0.3 is 4.74 Å². The van der Waals surface area contributed by atoms with E-state index in [0.29, 0.717) is 17.0 Å². The molecule has 2 rings (SSSR count). The number of ether oxygens (including phenoxy) is 1. The minimum Gasteiger partial charge on any atom is -0.483 e. The summed E-state index contributed by atoms with van der Waals surface area (Å²) in [7, 11) is 0. The lowest BCUT2D eigenvalue weighted by atomic mass is 10.1. The third-order valence-corrected chi connectivity index (χ3v) is 3.67. The van der Waals surface area contributed by atoms with E-state index in [0.717, 1.165) is 5.56 Å². The van der Waals surface area contributed by atoms with Gasteiger partial charge in [-0.25, -0.2) is 8.78 Å². The molecule has 2 aromatic carbocycles. The average molecular weight is 375 g/mol. The van der Waals surface area contributed by atoms with Crippen LogP contribution in [0, 0.1) is 23.3 Å². The smallest absolute Gasteiger partial charge is 0.204 e. The lowest BCUT2D eigenvalue weighted by molar-refractivity contribution is 0.261. The fourth-order valence-electron chi connectivity index (χ4n) is 1.81. The average Bonchev–Trinajstić information content (AvgIpc) is 2.54. The van der Waals surface area contributed by atoms with Gasteiger partial charge in [0.1, 0.15) is 6.61 Å². The van der Waals surface area contributed by atoms with E-state index in [-0.39, 0.29) is 6.61 Å². The molecule has 0 fully saturated rings. The van der Waals surface area contributed by atoms with Gasteiger partial charge in [-0.15, -0.1) is 0 Å². The van der Waals surface area contributed by atoms with Crippen LogP contribution in [0.4, 0.5) is 17.6 Å². The lowest BCUT2D eigenvalue weighted by Gasteiger charge is -2.11. The Kier molecular flexibility index (Phi) is 5.24. The largest absolute Gasteiger partial charge is 0.483 e. The van der Waals surface area contributed by atoms with Crippen molar-refractivity contribution in [1.82, 2.24) is 0 Å². The van der Waals surface area contributed by atoms with Crippen LogP contribution in [-0.2, 0) is 11.9 Å². The molecule has 0 atom stereocenters. The molecule has 6 heteroatoms. The Bertz CT molecular complexity index is 669. The van der Waals surface area contributed by atoms with E-state index in [2.05, 4.69) is 22.5 Å². The molecule has 0 N–H and O–H groups in total. The first-order valence-corrected chi connectivity index (χ1v) is 7.36. The van der Waals surface area contributed by atoms with Crippen LogP contribution in [0.2, 0.25) is 0 Å². The second kappa shape index (κ2) is 6.96. The highest BCUT2D eigenvalue weighted by molar-refractivity contribution is 9.08. The predicted octanol–water partition coefficient (Wildman–Crippen LogP) is 5.36. The van der Waals surface area contributed by atoms with Gasteiger partial charge in [0, 0.05) is 5.33 Å². The zero-order valence-electron chi connectivity index (χ0n) is 11.3. The maximum absolute atomic E-state index is 13.8. The van der Waals surface area contributed by atoms with Crippen molar-refractivity contribution in [2.24, 2.45) is 0 Å². The monoisotopic (exact) mass is 374 g/mol. The van der Waals surface area contributed by atoms with E-state index < -0.39 is 34.6 Å². The van der Waals surface area contributed by atoms with Gasteiger partial charge in [-0.2, -0.15) is 8.78 Å². The lowest BCUT2D eigenvalue weighted by Crippen LogP contribution is -2.06. The van der Waals surface area contributed by atoms with E-state index in [1.807, 2.05) is 0 Å². The molecular formula is C16H11BrF4O. The molecule has 0 amide bonds. The van der Waals surface area contributed by atoms with E-state index >= 15 is 0 Å². The fourth-order valence-corrected chi connectivity index (χ4v) is 2.19. The highest BCUT2D eigenvalue weighted by atomic mass is 79.9. The number of benzene rings is 2. The van der Waals surface area contributed by atoms with Gasteiger partial charge in [0.05, 0.1) is 5.56 Å². The van der Waals surface area contributed by atoms with E-state index in [4.69, 9.17) is 4.74 Å². The molecule has 0 aliphatic rings. The summed E-state index contributed by atoms with van der Waals surface area (Å²) in [4.78, 5) is 0. The molecule has 1 nitrogen and oxygen atoms in total. The van der Waals surface area contributed by atoms with Gasteiger partial charge in [-0.1, -0.05) is 52.9 Å². The molecule has 0 bridgehead atoms. The summed E-state index contributed by atoms with van der Waals surface area (Å²) in [5.41, 5.74) is 0.759. The van der Waals surface area contributed by atoms with E-state index in [1.54, 1.807) is 24.3 Å². The van der Waals surface area contributed by atoms with Crippen molar-refractivity contribution in [1.29, 1.82) is 0 Å². The number of alkyl halides is 1. The van der Waals surface area contributed by atoms with Crippen LogP contribution in [0.25, 0.3) is 6.08 Å². The number of hydrogen-bond donors (Lipinski definition) is 0. The highest BCUT2D eigenvalue weighted by Crippen LogP contribution is 2.31. The molecule has 0 aromatic heterocycles. The van der Waals surface area contributed by atoms with Crippen molar-refractivity contribution in [3.63, 3.8) is 0 Å². The molecule has 0 saturated heterocycles. The second-order valence-electron chi connectivity index (χ2n) is 4.44. The minimum atomic E-state index is -1.58. The maximum atomic E-state index is 13.8. The molecule has 0 unspecified atom stereocenters. The molecular weight excluding hydrogens is 364 g/mol. The Morgan fingerprint density at radius 1 is 0.909 bits per heavy atom. The van der Waals surface area contributed by atoms with Gasteiger partial charge >= 0.3 is 0 Å². The Morgan fingerprint density at radius 2 is 1.41 bits per heavy atom. The summed E-state index contributed by atoms with van der Waals surface area (Å²) in [6.07, 6.45) is 0.708. The molecule has 0 aliphatic heterocycles. The van der Waals surface area contributed by atoms with Crippen molar-refractivity contribution in [2.75, 3.05) is 0 Å². The highest BCUT2D eigenvalue weighted by Gasteiger charge is 2.25. The van der Waals surface area contributed by atoms with Gasteiger partial charge in [-0.3, -0.25) is 0 Å². The molecule has 116 valence electrons. The van der Waals surface area contributed by atoms with Crippen LogP contribution >= 0.6 is 15.9 Å². The molecule has 0 heterocycles. The summed E-state index contributed by atoms with van der Waals surface area (Å²) >= 11 is 3.28. The second-order valence-corrected chi connectivity index (χ2v) is 5.00. The van der Waals surface area contributed by atoms with Gasteiger partial charge in [0.25, 0.3) is 0 Å². The molecule has 2 aromatic rings. The van der Waals surface area contributed by atoms with Gasteiger partial charge in [0.15, 0.2) is 17.4 Å². The maximum Gasteiger partial charge on any atom is 0.204 e. The van der Waals surface area contributed by atoms with Crippen LogP contribution < -0.4 is 4.74 Å². The Balaban J connectivity index is 2.27. The molecule has 0 aliphatic carbocycles. The molecule has 0 spiro atoms. The van der Waals surface area contributed by atoms with Crippen molar-refractivity contribution < 1.29 is 22.3 Å². The van der Waals surface area contributed by atoms with Crippen LogP contribution in [0.3, 0.4) is 0 Å². The molecule has 0 radical (unpaired) electrons. The van der Waals surface area contributed by atoms with Crippen molar-refractivity contribution in [2.45, 2.75) is 11.9 Å². The van der Waals surface area contributed by atoms with Crippen LogP contribution in [-0.4, -0.2) is 0 Å². The summed E-state index contributed by atoms with van der Waals surface area (Å²) in [5, 5.41) is 0.664. The minimum absolute atomic E-state index is 0.220. The van der Waals surface area contributed by atoms with Gasteiger partial charge in [0.2, 0.25) is 11.6 Å². The first kappa shape index (κ1) is 16.5. The summed E-state index contributed by atoms with van der Waals surface area (Å²) in [5.74, 6) is -7.29. The number of hydrogen-bond acceptors (Lipinski definition) is 1. The predicted molar refractivity (Wildman–Crippen MR) is 79.8 cm³/mol. The summed E-state index contributed by atoms with van der Waals surface area (Å²) in [6, 6.07) is 6.97. The fraction of sp³-hybridized carbons (Fsp3) is 0.125. The Labute approximate surface area is 133 Å². The molecule has 0 saturated carbocycles. The number of rotatable bonds is 5. The van der Waals surface area contributed by atoms with E-state index in [9.17, 15) is 17.6 Å². The van der Waals surface area contributed by atoms with Crippen molar-refractivity contribution in [3.8, 4) is 5.75 Å². The van der Waals surface area contributed by atoms with Crippen LogP contribution in [0.15, 0.2) is 30.8 Å². The Morgan fingerprint density at radius 3 is 1.86 bits per heavy atom. The van der Waals surface area contributed by atoms with Gasteiger partial charge in [-0.05, 0) is 11.1 Å². The van der Waals surface area contributed by atoms with E-state index in [1.165, 1.54) is 0 Å². The van der Waals surface area contributed by atoms with Crippen molar-refractivity contribution in [3.05, 3.63) is 70.8 Å². The zero-order chi connectivity index (χ0) is 16.3. The zero-order valence-corrected chi connectivity index (χ0v) is 12.9. The third kappa shape index (κ3) is 3.16.